The first-order chi connectivity index (χ1) is 15.6. The van der Waals surface area contributed by atoms with E-state index in [4.69, 9.17) is 19.0 Å². The van der Waals surface area contributed by atoms with E-state index in [0.29, 0.717) is 6.54 Å². The van der Waals surface area contributed by atoms with Crippen molar-refractivity contribution in [1.29, 1.82) is 0 Å². The van der Waals surface area contributed by atoms with Gasteiger partial charge in [-0.2, -0.15) is 0 Å². The SMILES string of the molecule is CC1(C)C[C@@H](c2nc(-c3ccc(B4OC(C)(C)C(C)(C)O4)cc3)c[nH]2)N(C(=O)OC(C)(C)C)C1. The van der Waals surface area contributed by atoms with Gasteiger partial charge < -0.3 is 19.0 Å². The van der Waals surface area contributed by atoms with Crippen LogP contribution < -0.4 is 5.46 Å². The van der Waals surface area contributed by atoms with Crippen molar-refractivity contribution in [3.63, 3.8) is 0 Å². The van der Waals surface area contributed by atoms with Gasteiger partial charge in [-0.3, -0.25) is 4.90 Å². The molecule has 0 bridgehead atoms. The molecular weight excluding hydrogens is 429 g/mol. The zero-order valence-electron chi connectivity index (χ0n) is 22.0. The largest absolute Gasteiger partial charge is 0.494 e. The molecule has 184 valence electrons. The van der Waals surface area contributed by atoms with Crippen LogP contribution in [0, 0.1) is 5.41 Å². The first kappa shape index (κ1) is 24.8. The van der Waals surface area contributed by atoms with Gasteiger partial charge in [0.25, 0.3) is 0 Å². The van der Waals surface area contributed by atoms with E-state index in [1.807, 2.05) is 51.2 Å². The Labute approximate surface area is 203 Å². The number of imidazole rings is 1. The first-order valence-electron chi connectivity index (χ1n) is 12.1. The smallest absolute Gasteiger partial charge is 0.444 e. The third-order valence-corrected chi connectivity index (χ3v) is 6.99. The standard InChI is InChI=1S/C26H38BN3O4/c1-23(2,3)32-22(31)30-16-24(4,5)14-20(30)21-28-15-19(29-21)17-10-12-18(13-11-17)27-33-25(6,7)26(8,9)34-27/h10-13,15,20H,14,16H2,1-9H3,(H,28,29)/t20-/m0/s1. The second kappa shape index (κ2) is 8.13. The Morgan fingerprint density at radius 3 is 2.24 bits per heavy atom. The number of hydrogen-bond acceptors (Lipinski definition) is 5. The van der Waals surface area contributed by atoms with Crippen LogP contribution in [0.4, 0.5) is 4.79 Å². The van der Waals surface area contributed by atoms with Crippen LogP contribution in [0.15, 0.2) is 30.5 Å². The second-order valence-electron chi connectivity index (χ2n) is 12.4. The van der Waals surface area contributed by atoms with E-state index in [1.54, 1.807) is 4.90 Å². The quantitative estimate of drug-likeness (QED) is 0.637. The first-order valence-corrected chi connectivity index (χ1v) is 12.1. The zero-order valence-corrected chi connectivity index (χ0v) is 22.0. The van der Waals surface area contributed by atoms with Gasteiger partial charge in [0.15, 0.2) is 0 Å². The van der Waals surface area contributed by atoms with Crippen LogP contribution in [-0.4, -0.2) is 51.4 Å². The molecule has 2 aliphatic heterocycles. The fourth-order valence-electron chi connectivity index (χ4n) is 4.47. The van der Waals surface area contributed by atoms with Gasteiger partial charge in [-0.1, -0.05) is 38.1 Å². The summed E-state index contributed by atoms with van der Waals surface area (Å²) in [4.78, 5) is 22.9. The summed E-state index contributed by atoms with van der Waals surface area (Å²) in [6.45, 7) is 18.8. The number of benzene rings is 1. The summed E-state index contributed by atoms with van der Waals surface area (Å²) in [5.74, 6) is 0.779. The van der Waals surface area contributed by atoms with E-state index in [0.717, 1.165) is 29.0 Å². The molecule has 2 fully saturated rings. The molecule has 7 nitrogen and oxygen atoms in total. The minimum atomic E-state index is -0.540. The van der Waals surface area contributed by atoms with Crippen LogP contribution in [0.2, 0.25) is 0 Å². The number of likely N-dealkylation sites (tertiary alicyclic amines) is 1. The summed E-state index contributed by atoms with van der Waals surface area (Å²) >= 11 is 0. The van der Waals surface area contributed by atoms with Crippen LogP contribution in [0.1, 0.15) is 80.6 Å². The molecule has 0 radical (unpaired) electrons. The maximum absolute atomic E-state index is 12.9. The Bertz CT molecular complexity index is 1040. The lowest BCUT2D eigenvalue weighted by Crippen LogP contribution is -2.41. The van der Waals surface area contributed by atoms with Crippen molar-refractivity contribution >= 4 is 18.7 Å². The predicted octanol–water partition coefficient (Wildman–Crippen LogP) is 5.08. The molecule has 4 rings (SSSR count). The van der Waals surface area contributed by atoms with Gasteiger partial charge in [0.05, 0.1) is 22.9 Å². The Balaban J connectivity index is 1.52. The van der Waals surface area contributed by atoms with Crippen LogP contribution in [0.5, 0.6) is 0 Å². The maximum atomic E-state index is 12.9. The van der Waals surface area contributed by atoms with Crippen LogP contribution >= 0.6 is 0 Å². The van der Waals surface area contributed by atoms with Crippen molar-refractivity contribution in [3.8, 4) is 11.3 Å². The summed E-state index contributed by atoms with van der Waals surface area (Å²) in [6.07, 6.45) is 2.42. The highest BCUT2D eigenvalue weighted by molar-refractivity contribution is 6.62. The average Bonchev–Trinajstić information content (AvgIpc) is 3.35. The minimum absolute atomic E-state index is 0.0149. The molecule has 0 saturated carbocycles. The van der Waals surface area contributed by atoms with E-state index >= 15 is 0 Å². The molecule has 34 heavy (non-hydrogen) atoms. The molecule has 0 aliphatic carbocycles. The monoisotopic (exact) mass is 467 g/mol. The lowest BCUT2D eigenvalue weighted by molar-refractivity contribution is 0.00578. The van der Waals surface area contributed by atoms with Crippen molar-refractivity contribution in [1.82, 2.24) is 14.9 Å². The van der Waals surface area contributed by atoms with Gasteiger partial charge in [0, 0.05) is 18.3 Å². The number of H-pyrrole nitrogens is 1. The van der Waals surface area contributed by atoms with Crippen molar-refractivity contribution < 1.29 is 18.8 Å². The normalized spacial score (nSPS) is 23.4. The second-order valence-corrected chi connectivity index (χ2v) is 12.4. The van der Waals surface area contributed by atoms with Crippen molar-refractivity contribution in [3.05, 3.63) is 36.3 Å². The molecule has 0 spiro atoms. The Morgan fingerprint density at radius 2 is 1.68 bits per heavy atom. The highest BCUT2D eigenvalue weighted by Crippen LogP contribution is 2.43. The van der Waals surface area contributed by atoms with Gasteiger partial charge in [0.1, 0.15) is 11.4 Å². The molecular formula is C26H38BN3O4. The zero-order chi connectivity index (χ0) is 25.1. The van der Waals surface area contributed by atoms with E-state index in [-0.39, 0.29) is 28.8 Å². The van der Waals surface area contributed by atoms with Crippen molar-refractivity contribution in [2.45, 2.75) is 91.6 Å². The lowest BCUT2D eigenvalue weighted by atomic mass is 9.79. The maximum Gasteiger partial charge on any atom is 0.494 e. The summed E-state index contributed by atoms with van der Waals surface area (Å²) in [7, 11) is -0.392. The summed E-state index contributed by atoms with van der Waals surface area (Å²) in [6, 6.07) is 7.96. The number of aromatic nitrogens is 2. The van der Waals surface area contributed by atoms with E-state index in [9.17, 15) is 4.79 Å². The number of carbonyl (C=O) groups excluding carboxylic acids is 1. The predicted molar refractivity (Wildman–Crippen MR) is 134 cm³/mol. The Kier molecular flexibility index (Phi) is 5.93. The third-order valence-electron chi connectivity index (χ3n) is 6.99. The van der Waals surface area contributed by atoms with Gasteiger partial charge in [0.2, 0.25) is 0 Å². The third kappa shape index (κ3) is 4.89. The number of amides is 1. The molecule has 1 atom stereocenters. The van der Waals surface area contributed by atoms with Crippen LogP contribution in [-0.2, 0) is 14.0 Å². The molecule has 0 unspecified atom stereocenters. The summed E-state index contributed by atoms with van der Waals surface area (Å²) < 4.78 is 18.0. The molecule has 8 heteroatoms. The molecule has 1 amide bonds. The molecule has 2 saturated heterocycles. The number of nitrogens with one attached hydrogen (secondary N) is 1. The highest BCUT2D eigenvalue weighted by Gasteiger charge is 2.51. The number of rotatable bonds is 3. The van der Waals surface area contributed by atoms with Crippen molar-refractivity contribution in [2.24, 2.45) is 5.41 Å². The number of hydrogen-bond donors (Lipinski definition) is 1. The summed E-state index contributed by atoms with van der Waals surface area (Å²) in [5.41, 5.74) is 1.51. The molecule has 1 N–H and O–H groups in total. The lowest BCUT2D eigenvalue weighted by Gasteiger charge is -2.32. The van der Waals surface area contributed by atoms with Gasteiger partial charge in [-0.15, -0.1) is 0 Å². The van der Waals surface area contributed by atoms with E-state index in [2.05, 4.69) is 46.5 Å². The number of aromatic amines is 1. The molecule has 2 aliphatic rings. The minimum Gasteiger partial charge on any atom is -0.444 e. The van der Waals surface area contributed by atoms with Crippen LogP contribution in [0.25, 0.3) is 11.3 Å². The number of ether oxygens (including phenoxy) is 1. The number of nitrogens with zero attached hydrogens (tertiary/aromatic N) is 2. The Morgan fingerprint density at radius 1 is 1.09 bits per heavy atom. The van der Waals surface area contributed by atoms with Gasteiger partial charge in [-0.05, 0) is 65.8 Å². The van der Waals surface area contributed by atoms with Gasteiger partial charge >= 0.3 is 13.2 Å². The van der Waals surface area contributed by atoms with Crippen LogP contribution in [0.3, 0.4) is 0 Å². The van der Waals surface area contributed by atoms with Crippen molar-refractivity contribution in [2.75, 3.05) is 6.54 Å². The average molecular weight is 467 g/mol. The van der Waals surface area contributed by atoms with Gasteiger partial charge in [-0.25, -0.2) is 9.78 Å². The molecule has 3 heterocycles. The highest BCUT2D eigenvalue weighted by atomic mass is 16.7. The number of carbonyl (C=O) groups is 1. The van der Waals surface area contributed by atoms with E-state index < -0.39 is 12.7 Å². The molecule has 2 aromatic rings. The van der Waals surface area contributed by atoms with E-state index in [1.165, 1.54) is 0 Å². The fourth-order valence-corrected chi connectivity index (χ4v) is 4.47. The Hall–Kier alpha value is -2.32. The fraction of sp³-hybridized carbons (Fsp3) is 0.615. The molecule has 1 aromatic heterocycles. The topological polar surface area (TPSA) is 76.7 Å². The summed E-state index contributed by atoms with van der Waals surface area (Å²) in [5, 5.41) is 0. The molecule has 1 aromatic carbocycles.